The molecule has 0 spiro atoms. The number of piperidine rings is 1. The van der Waals surface area contributed by atoms with E-state index >= 15 is 0 Å². The summed E-state index contributed by atoms with van der Waals surface area (Å²) in [6, 6.07) is 7.36. The molecule has 6 heteroatoms. The second kappa shape index (κ2) is 6.36. The van der Waals surface area contributed by atoms with E-state index in [2.05, 4.69) is 18.8 Å². The monoisotopic (exact) mass is 328 g/mol. The first kappa shape index (κ1) is 16.6. The van der Waals surface area contributed by atoms with Crippen molar-refractivity contribution in [1.29, 1.82) is 0 Å². The van der Waals surface area contributed by atoms with Crippen LogP contribution in [-0.2, 0) is 11.3 Å². The van der Waals surface area contributed by atoms with E-state index in [0.717, 1.165) is 6.42 Å². The number of amides is 1. The Labute approximate surface area is 141 Å². The van der Waals surface area contributed by atoms with Crippen LogP contribution in [0.1, 0.15) is 26.7 Å². The fraction of sp³-hybridized carbons (Fsp3) is 0.500. The quantitative estimate of drug-likeness (QED) is 0.923. The molecule has 0 bridgehead atoms. The molecule has 0 saturated carbocycles. The fourth-order valence-corrected chi connectivity index (χ4v) is 3.23. The Morgan fingerprint density at radius 1 is 1.38 bits per heavy atom. The summed E-state index contributed by atoms with van der Waals surface area (Å²) in [6.07, 6.45) is 2.63. The highest BCUT2D eigenvalue weighted by atomic mass is 16.2. The van der Waals surface area contributed by atoms with Crippen molar-refractivity contribution in [1.82, 2.24) is 14.5 Å². The van der Waals surface area contributed by atoms with E-state index in [1.807, 2.05) is 23.1 Å². The molecule has 24 heavy (non-hydrogen) atoms. The lowest BCUT2D eigenvalue weighted by Gasteiger charge is -2.42. The number of benzene rings is 1. The van der Waals surface area contributed by atoms with Crippen LogP contribution in [0.3, 0.4) is 0 Å². The number of likely N-dealkylation sites (tertiary alicyclic amines) is 1. The Kier molecular flexibility index (Phi) is 4.41. The highest BCUT2D eigenvalue weighted by Crippen LogP contribution is 2.27. The van der Waals surface area contributed by atoms with Crippen molar-refractivity contribution < 1.29 is 4.79 Å². The van der Waals surface area contributed by atoms with Gasteiger partial charge < -0.3 is 10.6 Å². The lowest BCUT2D eigenvalue weighted by Crippen LogP contribution is -2.54. The highest BCUT2D eigenvalue weighted by molar-refractivity contribution is 5.77. The molecule has 0 radical (unpaired) electrons. The molecule has 2 heterocycles. The van der Waals surface area contributed by atoms with Gasteiger partial charge in [0.05, 0.1) is 17.2 Å². The molecule has 1 aliphatic rings. The van der Waals surface area contributed by atoms with Crippen molar-refractivity contribution in [3.05, 3.63) is 40.9 Å². The van der Waals surface area contributed by atoms with Crippen molar-refractivity contribution in [2.75, 3.05) is 13.1 Å². The van der Waals surface area contributed by atoms with Gasteiger partial charge in [-0.1, -0.05) is 26.0 Å². The minimum atomic E-state index is -0.102. The molecule has 2 N–H and O–H groups in total. The molecule has 0 aliphatic carbocycles. The van der Waals surface area contributed by atoms with E-state index in [4.69, 9.17) is 5.73 Å². The maximum Gasteiger partial charge on any atom is 0.261 e. The number of carbonyl (C=O) groups excluding carboxylic acids is 1. The second-order valence-corrected chi connectivity index (χ2v) is 7.21. The Morgan fingerprint density at radius 2 is 2.12 bits per heavy atom. The Hall–Kier alpha value is -2.21. The summed E-state index contributed by atoms with van der Waals surface area (Å²) >= 11 is 0. The number of hydrogen-bond acceptors (Lipinski definition) is 4. The van der Waals surface area contributed by atoms with E-state index in [1.54, 1.807) is 6.07 Å². The van der Waals surface area contributed by atoms with Gasteiger partial charge in [0.15, 0.2) is 0 Å². The summed E-state index contributed by atoms with van der Waals surface area (Å²) in [6.45, 7) is 5.88. The molecule has 1 atom stereocenters. The van der Waals surface area contributed by atoms with Crippen molar-refractivity contribution in [2.24, 2.45) is 11.1 Å². The van der Waals surface area contributed by atoms with Crippen molar-refractivity contribution in [3.63, 3.8) is 0 Å². The average Bonchev–Trinajstić information content (AvgIpc) is 2.56. The summed E-state index contributed by atoms with van der Waals surface area (Å²) in [4.78, 5) is 31.1. The lowest BCUT2D eigenvalue weighted by molar-refractivity contribution is -0.134. The number of fused-ring (bicyclic) bond motifs is 1. The van der Waals surface area contributed by atoms with Crippen LogP contribution in [0.25, 0.3) is 10.9 Å². The van der Waals surface area contributed by atoms with Crippen molar-refractivity contribution in [2.45, 2.75) is 39.3 Å². The predicted octanol–water partition coefficient (Wildman–Crippen LogP) is 1.37. The first-order chi connectivity index (χ1) is 11.4. The van der Waals surface area contributed by atoms with Gasteiger partial charge in [0, 0.05) is 32.1 Å². The van der Waals surface area contributed by atoms with E-state index in [9.17, 15) is 9.59 Å². The number of carbonyl (C=O) groups is 1. The predicted molar refractivity (Wildman–Crippen MR) is 93.6 cm³/mol. The van der Waals surface area contributed by atoms with Crippen LogP contribution >= 0.6 is 0 Å². The van der Waals surface area contributed by atoms with Gasteiger partial charge in [-0.25, -0.2) is 4.98 Å². The second-order valence-electron chi connectivity index (χ2n) is 7.21. The maximum atomic E-state index is 12.5. The molecular formula is C18H24N4O2. The molecule has 1 aromatic carbocycles. The normalized spacial score (nSPS) is 20.3. The number of aryl methyl sites for hydroxylation is 1. The van der Waals surface area contributed by atoms with Gasteiger partial charge in [0.1, 0.15) is 0 Å². The van der Waals surface area contributed by atoms with Crippen LogP contribution < -0.4 is 11.3 Å². The highest BCUT2D eigenvalue weighted by Gasteiger charge is 2.35. The fourth-order valence-electron chi connectivity index (χ4n) is 3.23. The molecule has 1 amide bonds. The summed E-state index contributed by atoms with van der Waals surface area (Å²) in [7, 11) is 0. The zero-order valence-electron chi connectivity index (χ0n) is 14.2. The van der Waals surface area contributed by atoms with E-state index in [1.165, 1.54) is 10.9 Å². The van der Waals surface area contributed by atoms with Gasteiger partial charge in [0.2, 0.25) is 5.91 Å². The van der Waals surface area contributed by atoms with E-state index < -0.39 is 0 Å². The molecule has 1 aliphatic heterocycles. The Bertz CT molecular complexity index is 812. The van der Waals surface area contributed by atoms with Gasteiger partial charge in [-0.3, -0.25) is 14.2 Å². The molecule has 1 fully saturated rings. The number of aromatic nitrogens is 2. The zero-order valence-corrected chi connectivity index (χ0v) is 14.2. The summed E-state index contributed by atoms with van der Waals surface area (Å²) in [5, 5.41) is 0.581. The number of hydrogen-bond donors (Lipinski definition) is 1. The summed E-state index contributed by atoms with van der Waals surface area (Å²) in [5.74, 6) is 0.0648. The van der Waals surface area contributed by atoms with Crippen LogP contribution in [0.5, 0.6) is 0 Å². The van der Waals surface area contributed by atoms with Gasteiger partial charge in [-0.05, 0) is 24.0 Å². The van der Waals surface area contributed by atoms with Crippen molar-refractivity contribution >= 4 is 16.8 Å². The smallest absolute Gasteiger partial charge is 0.261 e. The minimum Gasteiger partial charge on any atom is -0.342 e. The SMILES string of the molecule is CC1(C)CN(C(=O)CCn2cnc3ccccc3c2=O)CCC1N. The van der Waals surface area contributed by atoms with E-state index in [0.29, 0.717) is 37.0 Å². The third-order valence-corrected chi connectivity index (χ3v) is 4.96. The topological polar surface area (TPSA) is 81.2 Å². The first-order valence-corrected chi connectivity index (χ1v) is 8.36. The molecular weight excluding hydrogens is 304 g/mol. The van der Waals surface area contributed by atoms with Gasteiger partial charge in [-0.15, -0.1) is 0 Å². The zero-order chi connectivity index (χ0) is 17.3. The van der Waals surface area contributed by atoms with Crippen LogP contribution in [0.2, 0.25) is 0 Å². The first-order valence-electron chi connectivity index (χ1n) is 8.36. The van der Waals surface area contributed by atoms with Crippen LogP contribution in [0.4, 0.5) is 0 Å². The minimum absolute atomic E-state index is 0.0648. The Balaban J connectivity index is 1.69. The molecule has 1 unspecified atom stereocenters. The van der Waals surface area contributed by atoms with Gasteiger partial charge in [-0.2, -0.15) is 0 Å². The number of nitrogens with zero attached hydrogens (tertiary/aromatic N) is 3. The molecule has 1 aromatic heterocycles. The van der Waals surface area contributed by atoms with Crippen molar-refractivity contribution in [3.8, 4) is 0 Å². The Morgan fingerprint density at radius 3 is 2.88 bits per heavy atom. The summed E-state index contributed by atoms with van der Waals surface area (Å²) < 4.78 is 1.51. The molecule has 2 aromatic rings. The number of nitrogens with two attached hydrogens (primary N) is 1. The molecule has 6 nitrogen and oxygen atoms in total. The lowest BCUT2D eigenvalue weighted by atomic mass is 9.79. The van der Waals surface area contributed by atoms with Crippen LogP contribution in [0, 0.1) is 5.41 Å². The van der Waals surface area contributed by atoms with Gasteiger partial charge >= 0.3 is 0 Å². The third kappa shape index (κ3) is 3.19. The van der Waals surface area contributed by atoms with Crippen LogP contribution in [0.15, 0.2) is 35.4 Å². The standard InChI is InChI=1S/C18H24N4O2/c1-18(2)11-21(9-7-15(18)19)16(23)8-10-22-12-20-14-6-4-3-5-13(14)17(22)24/h3-6,12,15H,7-11,19H2,1-2H3. The van der Waals surface area contributed by atoms with E-state index in [-0.39, 0.29) is 22.9 Å². The van der Waals surface area contributed by atoms with Crippen LogP contribution in [-0.4, -0.2) is 39.5 Å². The number of rotatable bonds is 3. The van der Waals surface area contributed by atoms with Gasteiger partial charge in [0.25, 0.3) is 5.56 Å². The molecule has 3 rings (SSSR count). The third-order valence-electron chi connectivity index (χ3n) is 4.96. The molecule has 1 saturated heterocycles. The average molecular weight is 328 g/mol. The summed E-state index contributed by atoms with van der Waals surface area (Å²) in [5.41, 5.74) is 6.62. The maximum absolute atomic E-state index is 12.5. The molecule has 128 valence electrons. The largest absolute Gasteiger partial charge is 0.342 e. The number of para-hydroxylation sites is 1.